The first-order chi connectivity index (χ1) is 31.1. The zero-order chi connectivity index (χ0) is 46.8. The van der Waals surface area contributed by atoms with Gasteiger partial charge in [0.15, 0.2) is 6.29 Å². The summed E-state index contributed by atoms with van der Waals surface area (Å²) in [7, 11) is -5.07. The number of hydrogen-bond acceptors (Lipinski definition) is 11. The molecule has 0 aromatic carbocycles. The number of unbranched alkanes of at least 4 members (excludes halogenated alkanes) is 23. The minimum absolute atomic E-state index is 0.0297. The highest BCUT2D eigenvalue weighted by molar-refractivity contribution is 7.80. The average molecular weight is 929 g/mol. The molecule has 0 aliphatic carbocycles. The SMILES string of the molecule is CC/C=C\C/C=C\C/C=C\C/C=C\CCCCCCCCCOCC(COC1OC(CO)C(O)C(OS(=O)(=O)O)C1O)OC(=O)CCCCCCCCCCCCCCCCCCC. The van der Waals surface area contributed by atoms with E-state index in [0.717, 1.165) is 77.0 Å². The van der Waals surface area contributed by atoms with Crippen LogP contribution in [0.25, 0.3) is 0 Å². The molecule has 0 aromatic rings. The first-order valence-corrected chi connectivity index (χ1v) is 26.8. The van der Waals surface area contributed by atoms with Gasteiger partial charge in [-0.15, -0.1) is 0 Å². The van der Waals surface area contributed by atoms with Crippen molar-refractivity contribution in [1.29, 1.82) is 0 Å². The zero-order valence-corrected chi connectivity index (χ0v) is 40.9. The largest absolute Gasteiger partial charge is 0.457 e. The number of aliphatic hydroxyl groups is 3. The zero-order valence-electron chi connectivity index (χ0n) is 40.1. The van der Waals surface area contributed by atoms with Crippen molar-refractivity contribution in [2.45, 2.75) is 243 Å². The van der Waals surface area contributed by atoms with Crippen molar-refractivity contribution in [3.8, 4) is 0 Å². The third-order valence-electron chi connectivity index (χ3n) is 11.5. The molecule has 64 heavy (non-hydrogen) atoms. The number of carbonyl (C=O) groups excluding carboxylic acids is 1. The van der Waals surface area contributed by atoms with Gasteiger partial charge in [-0.3, -0.25) is 9.35 Å². The Balaban J connectivity index is 2.37. The number of ether oxygens (including phenoxy) is 4. The highest BCUT2D eigenvalue weighted by Crippen LogP contribution is 2.26. The van der Waals surface area contributed by atoms with Gasteiger partial charge >= 0.3 is 16.4 Å². The maximum Gasteiger partial charge on any atom is 0.397 e. The summed E-state index contributed by atoms with van der Waals surface area (Å²) < 4.78 is 59.2. The van der Waals surface area contributed by atoms with Crippen LogP contribution < -0.4 is 0 Å². The lowest BCUT2D eigenvalue weighted by molar-refractivity contribution is -0.301. The van der Waals surface area contributed by atoms with Crippen molar-refractivity contribution in [1.82, 2.24) is 0 Å². The number of carbonyl (C=O) groups is 1. The van der Waals surface area contributed by atoms with E-state index in [1.165, 1.54) is 103 Å². The second-order valence-corrected chi connectivity index (χ2v) is 18.4. The van der Waals surface area contributed by atoms with Crippen LogP contribution in [0.3, 0.4) is 0 Å². The fourth-order valence-corrected chi connectivity index (χ4v) is 8.17. The standard InChI is InChI=1S/C51H92O12S/c1-3-5-7-9-11-13-15-17-19-21-22-23-25-27-29-31-33-35-37-39-41-59-43-45(44-60-51-49(55)50(63-64(56,57)58)48(54)46(42-52)62-51)61-47(53)40-38-36-34-32-30-28-26-24-20-18-16-14-12-10-8-6-4-2/h5,7,11,13,17,19,22-23,45-46,48-52,54-55H,3-4,6,8-10,12,14-16,18,20-21,24-44H2,1-2H3,(H,56,57,58)/b7-5-,13-11-,19-17-,23-22-. The molecule has 1 rings (SSSR count). The highest BCUT2D eigenvalue weighted by Gasteiger charge is 2.48. The van der Waals surface area contributed by atoms with E-state index in [-0.39, 0.29) is 19.6 Å². The fourth-order valence-electron chi connectivity index (χ4n) is 7.66. The summed E-state index contributed by atoms with van der Waals surface area (Å²) in [6.45, 7) is 3.88. The summed E-state index contributed by atoms with van der Waals surface area (Å²) in [5.74, 6) is -0.401. The molecule has 0 spiro atoms. The Morgan fingerprint density at radius 1 is 0.609 bits per heavy atom. The van der Waals surface area contributed by atoms with Gasteiger partial charge < -0.3 is 34.3 Å². The van der Waals surface area contributed by atoms with Crippen LogP contribution in [0.4, 0.5) is 0 Å². The number of aliphatic hydroxyl groups excluding tert-OH is 3. The summed E-state index contributed by atoms with van der Waals surface area (Å²) in [5, 5.41) is 30.7. The molecule has 0 amide bonds. The Kier molecular flexibility index (Phi) is 39.8. The maximum atomic E-state index is 12.9. The van der Waals surface area contributed by atoms with Crippen LogP contribution in [-0.2, 0) is 38.3 Å². The molecule has 1 fully saturated rings. The van der Waals surface area contributed by atoms with Crippen molar-refractivity contribution in [2.24, 2.45) is 0 Å². The quantitative estimate of drug-likeness (QED) is 0.0197. The molecule has 1 saturated heterocycles. The Labute approximate surface area is 389 Å². The maximum absolute atomic E-state index is 12.9. The summed E-state index contributed by atoms with van der Waals surface area (Å²) in [6, 6.07) is 0. The Morgan fingerprint density at radius 3 is 1.58 bits per heavy atom. The summed E-state index contributed by atoms with van der Waals surface area (Å²) in [5.41, 5.74) is 0. The lowest BCUT2D eigenvalue weighted by atomic mass is 9.99. The molecule has 0 radical (unpaired) electrons. The molecule has 0 saturated carbocycles. The molecule has 374 valence electrons. The van der Waals surface area contributed by atoms with Crippen LogP contribution in [0.2, 0.25) is 0 Å². The number of rotatable bonds is 44. The molecule has 4 N–H and O–H groups in total. The monoisotopic (exact) mass is 929 g/mol. The van der Waals surface area contributed by atoms with Crippen LogP contribution in [0, 0.1) is 0 Å². The van der Waals surface area contributed by atoms with Crippen molar-refractivity contribution >= 4 is 16.4 Å². The predicted molar refractivity (Wildman–Crippen MR) is 257 cm³/mol. The van der Waals surface area contributed by atoms with Gasteiger partial charge in [0.25, 0.3) is 0 Å². The van der Waals surface area contributed by atoms with Crippen LogP contribution in [0.5, 0.6) is 0 Å². The van der Waals surface area contributed by atoms with Gasteiger partial charge in [-0.05, 0) is 51.4 Å². The Hall–Kier alpha value is -1.94. The van der Waals surface area contributed by atoms with E-state index < -0.39 is 59.8 Å². The van der Waals surface area contributed by atoms with E-state index in [2.05, 4.69) is 66.6 Å². The van der Waals surface area contributed by atoms with Gasteiger partial charge in [0.1, 0.15) is 30.5 Å². The number of allylic oxidation sites excluding steroid dienone is 8. The Bertz CT molecular complexity index is 1300. The topological polar surface area (TPSA) is 178 Å². The van der Waals surface area contributed by atoms with Gasteiger partial charge in [-0.2, -0.15) is 8.42 Å². The van der Waals surface area contributed by atoms with E-state index in [0.29, 0.717) is 13.0 Å². The summed E-state index contributed by atoms with van der Waals surface area (Å²) >= 11 is 0. The third kappa shape index (κ3) is 35.3. The first-order valence-electron chi connectivity index (χ1n) is 25.4. The molecule has 13 heteroatoms. The predicted octanol–water partition coefficient (Wildman–Crippen LogP) is 11.5. The van der Waals surface area contributed by atoms with Gasteiger partial charge in [-0.1, -0.05) is 197 Å². The van der Waals surface area contributed by atoms with Crippen LogP contribution in [0.15, 0.2) is 48.6 Å². The van der Waals surface area contributed by atoms with E-state index in [1.54, 1.807) is 0 Å². The normalized spacial score (nSPS) is 20.1. The van der Waals surface area contributed by atoms with Crippen LogP contribution in [0.1, 0.15) is 206 Å². The summed E-state index contributed by atoms with van der Waals surface area (Å²) in [6.07, 6.45) is 42.8. The van der Waals surface area contributed by atoms with Crippen LogP contribution in [-0.4, -0.2) is 97.5 Å². The average Bonchev–Trinajstić information content (AvgIpc) is 3.27. The molecular weight excluding hydrogens is 837 g/mol. The lowest BCUT2D eigenvalue weighted by Gasteiger charge is -2.41. The molecule has 6 atom stereocenters. The van der Waals surface area contributed by atoms with E-state index in [1.807, 2.05) is 0 Å². The van der Waals surface area contributed by atoms with Crippen molar-refractivity contribution in [3.63, 3.8) is 0 Å². The van der Waals surface area contributed by atoms with E-state index >= 15 is 0 Å². The molecule has 0 bridgehead atoms. The number of esters is 1. The van der Waals surface area contributed by atoms with Crippen molar-refractivity contribution in [3.05, 3.63) is 48.6 Å². The molecule has 0 aromatic heterocycles. The van der Waals surface area contributed by atoms with E-state index in [9.17, 15) is 33.1 Å². The van der Waals surface area contributed by atoms with Gasteiger partial charge in [0.2, 0.25) is 0 Å². The third-order valence-corrected chi connectivity index (χ3v) is 11.9. The Morgan fingerprint density at radius 2 is 1.08 bits per heavy atom. The fraction of sp³-hybridized carbons (Fsp3) is 0.824. The van der Waals surface area contributed by atoms with Crippen molar-refractivity contribution < 1.29 is 56.2 Å². The molecule has 1 aliphatic heterocycles. The molecule has 6 unspecified atom stereocenters. The molecular formula is C51H92O12S. The molecule has 1 heterocycles. The summed E-state index contributed by atoms with van der Waals surface area (Å²) in [4.78, 5) is 12.9. The number of hydrogen-bond donors (Lipinski definition) is 4. The van der Waals surface area contributed by atoms with Gasteiger partial charge in [0.05, 0.1) is 19.8 Å². The highest BCUT2D eigenvalue weighted by atomic mass is 32.3. The minimum atomic E-state index is -5.07. The van der Waals surface area contributed by atoms with Gasteiger partial charge in [-0.25, -0.2) is 4.18 Å². The smallest absolute Gasteiger partial charge is 0.397 e. The van der Waals surface area contributed by atoms with Gasteiger partial charge in [0, 0.05) is 13.0 Å². The lowest BCUT2D eigenvalue weighted by Crippen LogP contribution is -2.60. The molecule has 1 aliphatic rings. The van der Waals surface area contributed by atoms with Crippen LogP contribution >= 0.6 is 0 Å². The second kappa shape index (κ2) is 42.4. The first kappa shape index (κ1) is 60.1. The van der Waals surface area contributed by atoms with E-state index in [4.69, 9.17) is 18.9 Å². The second-order valence-electron chi connectivity index (χ2n) is 17.4. The van der Waals surface area contributed by atoms with Crippen molar-refractivity contribution in [2.75, 3.05) is 26.4 Å². The molecule has 12 nitrogen and oxygen atoms in total. The minimum Gasteiger partial charge on any atom is -0.457 e.